The van der Waals surface area contributed by atoms with Crippen molar-refractivity contribution in [1.29, 1.82) is 0 Å². The van der Waals surface area contributed by atoms with Crippen molar-refractivity contribution in [1.82, 2.24) is 4.90 Å². The Morgan fingerprint density at radius 1 is 1.43 bits per heavy atom. The van der Waals surface area contributed by atoms with Crippen LogP contribution in [0.2, 0.25) is 0 Å². The number of hydrogen-bond acceptors (Lipinski definition) is 6. The number of thioether (sulfide) groups is 1. The predicted octanol–water partition coefficient (Wildman–Crippen LogP) is 2.39. The van der Waals surface area contributed by atoms with E-state index in [0.717, 1.165) is 0 Å². The topological polar surface area (TPSA) is 89.7 Å². The van der Waals surface area contributed by atoms with E-state index in [-0.39, 0.29) is 29.3 Å². The third-order valence-corrected chi connectivity index (χ3v) is 5.21. The molecule has 1 unspecified atom stereocenters. The first-order valence-corrected chi connectivity index (χ1v) is 8.13. The Morgan fingerprint density at radius 2 is 2.13 bits per heavy atom. The third-order valence-electron chi connectivity index (χ3n) is 3.52. The summed E-state index contributed by atoms with van der Waals surface area (Å²) in [7, 11) is 0. The van der Waals surface area contributed by atoms with Gasteiger partial charge < -0.3 is 4.74 Å². The number of ether oxygens (including phenoxy) is 1. The number of esters is 1. The summed E-state index contributed by atoms with van der Waals surface area (Å²) in [5.41, 5.74) is 0.676. The van der Waals surface area contributed by atoms with Crippen molar-refractivity contribution in [2.45, 2.75) is 18.4 Å². The van der Waals surface area contributed by atoms with Gasteiger partial charge in [-0.05, 0) is 17.7 Å². The molecule has 9 heteroatoms. The second-order valence-electron chi connectivity index (χ2n) is 4.99. The first-order chi connectivity index (χ1) is 11.0. The Morgan fingerprint density at radius 3 is 2.74 bits per heavy atom. The van der Waals surface area contributed by atoms with Gasteiger partial charge >= 0.3 is 5.97 Å². The Hall–Kier alpha value is -2.06. The molecule has 1 atom stereocenters. The molecule has 1 aromatic rings. The summed E-state index contributed by atoms with van der Waals surface area (Å²) in [4.78, 5) is 35.3. The lowest BCUT2D eigenvalue weighted by Crippen LogP contribution is -2.53. The van der Waals surface area contributed by atoms with Crippen LogP contribution in [0.5, 0.6) is 0 Å². The molecule has 0 radical (unpaired) electrons. The number of amides is 1. The lowest BCUT2D eigenvalue weighted by atomic mass is 10.1. The predicted molar refractivity (Wildman–Crippen MR) is 83.5 cm³/mol. The van der Waals surface area contributed by atoms with Crippen LogP contribution in [0.4, 0.5) is 5.69 Å². The van der Waals surface area contributed by atoms with Gasteiger partial charge in [0.1, 0.15) is 12.3 Å². The van der Waals surface area contributed by atoms with Crippen molar-refractivity contribution in [2.75, 3.05) is 5.75 Å². The number of fused-ring (bicyclic) bond motifs is 1. The minimum atomic E-state index is -0.660. The summed E-state index contributed by atoms with van der Waals surface area (Å²) in [6.07, 6.45) is 0.397. The van der Waals surface area contributed by atoms with Gasteiger partial charge in [0.15, 0.2) is 0 Å². The largest absolute Gasteiger partial charge is 0.456 e. The van der Waals surface area contributed by atoms with Gasteiger partial charge in [-0.1, -0.05) is 11.6 Å². The summed E-state index contributed by atoms with van der Waals surface area (Å²) in [5, 5.41) is 10.8. The number of carbonyl (C=O) groups is 2. The minimum absolute atomic E-state index is 0.0378. The normalized spacial score (nSPS) is 20.0. The van der Waals surface area contributed by atoms with E-state index in [1.54, 1.807) is 0 Å². The summed E-state index contributed by atoms with van der Waals surface area (Å²) >= 11 is 7.57. The van der Waals surface area contributed by atoms with Gasteiger partial charge in [0.2, 0.25) is 5.91 Å². The zero-order chi connectivity index (χ0) is 16.6. The van der Waals surface area contributed by atoms with E-state index in [2.05, 4.69) is 0 Å². The van der Waals surface area contributed by atoms with Crippen molar-refractivity contribution in [3.8, 4) is 0 Å². The molecule has 0 bridgehead atoms. The van der Waals surface area contributed by atoms with Crippen LogP contribution < -0.4 is 0 Å². The molecule has 7 nitrogen and oxygen atoms in total. The van der Waals surface area contributed by atoms with Gasteiger partial charge in [-0.15, -0.1) is 11.8 Å². The molecule has 23 heavy (non-hydrogen) atoms. The SMILES string of the molecule is O=C(OCc1ccc([N+](=O)[O-])cc1)C1=C(Cl)CSC2CC(=O)N12. The van der Waals surface area contributed by atoms with Gasteiger partial charge in [-0.25, -0.2) is 4.79 Å². The first kappa shape index (κ1) is 15.8. The zero-order valence-electron chi connectivity index (χ0n) is 11.7. The maximum absolute atomic E-state index is 12.2. The Kier molecular flexibility index (Phi) is 4.27. The van der Waals surface area contributed by atoms with Gasteiger partial charge in [0, 0.05) is 17.9 Å². The number of benzene rings is 1. The number of halogens is 1. The molecular weight excluding hydrogens is 344 g/mol. The molecule has 3 rings (SSSR count). The maximum atomic E-state index is 12.2. The van der Waals surface area contributed by atoms with Crippen LogP contribution in [0.1, 0.15) is 12.0 Å². The molecular formula is C14H11ClN2O5S. The second-order valence-corrected chi connectivity index (χ2v) is 6.61. The average Bonchev–Trinajstić information content (AvgIpc) is 2.53. The molecule has 0 aliphatic carbocycles. The van der Waals surface area contributed by atoms with Gasteiger partial charge in [0.05, 0.1) is 21.8 Å². The van der Waals surface area contributed by atoms with Crippen LogP contribution in [0, 0.1) is 10.1 Å². The van der Waals surface area contributed by atoms with Crippen LogP contribution in [-0.2, 0) is 20.9 Å². The molecule has 0 saturated carbocycles. The van der Waals surface area contributed by atoms with E-state index in [0.29, 0.717) is 22.8 Å². The van der Waals surface area contributed by atoms with Crippen LogP contribution in [0.3, 0.4) is 0 Å². The van der Waals surface area contributed by atoms with Crippen LogP contribution in [0.25, 0.3) is 0 Å². The monoisotopic (exact) mass is 354 g/mol. The molecule has 0 aromatic heterocycles. The quantitative estimate of drug-likeness (QED) is 0.357. The lowest BCUT2D eigenvalue weighted by molar-refractivity contribution is -0.384. The summed E-state index contributed by atoms with van der Waals surface area (Å²) in [5.74, 6) is -0.341. The van der Waals surface area contributed by atoms with Crippen molar-refractivity contribution in [3.05, 3.63) is 50.7 Å². The minimum Gasteiger partial charge on any atom is -0.456 e. The van der Waals surface area contributed by atoms with Crippen LogP contribution >= 0.6 is 23.4 Å². The fourth-order valence-corrected chi connectivity index (χ4v) is 3.76. The second kappa shape index (κ2) is 6.21. The van der Waals surface area contributed by atoms with Crippen LogP contribution in [-0.4, -0.2) is 32.8 Å². The number of rotatable bonds is 4. The highest BCUT2D eigenvalue weighted by Gasteiger charge is 2.45. The fourth-order valence-electron chi connectivity index (χ4n) is 2.30. The average molecular weight is 355 g/mol. The van der Waals surface area contributed by atoms with E-state index in [1.807, 2.05) is 0 Å². The Bertz CT molecular complexity index is 718. The Labute approximate surface area is 140 Å². The highest BCUT2D eigenvalue weighted by atomic mass is 35.5. The molecule has 1 aromatic carbocycles. The van der Waals surface area contributed by atoms with E-state index in [9.17, 15) is 19.7 Å². The number of β-lactam (4-membered cyclic amide) rings is 1. The van der Waals surface area contributed by atoms with E-state index < -0.39 is 10.9 Å². The lowest BCUT2D eigenvalue weighted by Gasteiger charge is -2.43. The maximum Gasteiger partial charge on any atom is 0.356 e. The first-order valence-electron chi connectivity index (χ1n) is 6.70. The smallest absolute Gasteiger partial charge is 0.356 e. The standard InChI is InChI=1S/C14H11ClN2O5S/c15-10-7-23-12-5-11(18)16(12)13(10)14(19)22-6-8-1-3-9(4-2-8)17(20)21/h1-4,12H,5-7H2. The highest BCUT2D eigenvalue weighted by Crippen LogP contribution is 2.41. The van der Waals surface area contributed by atoms with Gasteiger partial charge in [-0.2, -0.15) is 0 Å². The molecule has 1 fully saturated rings. The number of carbonyl (C=O) groups excluding carboxylic acids is 2. The van der Waals surface area contributed by atoms with E-state index in [4.69, 9.17) is 16.3 Å². The van der Waals surface area contributed by atoms with Gasteiger partial charge in [-0.3, -0.25) is 19.8 Å². The summed E-state index contributed by atoms with van der Waals surface area (Å²) in [6, 6.07) is 5.69. The molecule has 1 amide bonds. The van der Waals surface area contributed by atoms with Gasteiger partial charge in [0.25, 0.3) is 5.69 Å². The molecule has 1 saturated heterocycles. The van der Waals surface area contributed by atoms with Crippen molar-refractivity contribution in [2.24, 2.45) is 0 Å². The molecule has 120 valence electrons. The van der Waals surface area contributed by atoms with Crippen molar-refractivity contribution in [3.63, 3.8) is 0 Å². The molecule has 2 heterocycles. The Balaban J connectivity index is 1.67. The molecule has 2 aliphatic heterocycles. The number of non-ortho nitro benzene ring substituents is 1. The number of hydrogen-bond donors (Lipinski definition) is 0. The number of nitro groups is 1. The molecule has 0 spiro atoms. The third kappa shape index (κ3) is 3.04. The van der Waals surface area contributed by atoms with Crippen LogP contribution in [0.15, 0.2) is 35.0 Å². The van der Waals surface area contributed by atoms with Crippen molar-refractivity contribution >= 4 is 40.9 Å². The number of nitro benzene ring substituents is 1. The van der Waals surface area contributed by atoms with E-state index >= 15 is 0 Å². The highest BCUT2D eigenvalue weighted by molar-refractivity contribution is 8.00. The summed E-state index contributed by atoms with van der Waals surface area (Å²) < 4.78 is 5.19. The molecule has 0 N–H and O–H groups in total. The van der Waals surface area contributed by atoms with Crippen molar-refractivity contribution < 1.29 is 19.2 Å². The zero-order valence-corrected chi connectivity index (χ0v) is 13.3. The summed E-state index contributed by atoms with van der Waals surface area (Å²) in [6.45, 7) is -0.0513. The fraction of sp³-hybridized carbons (Fsp3) is 0.286. The van der Waals surface area contributed by atoms with E-state index in [1.165, 1.54) is 40.9 Å². The number of nitrogens with zero attached hydrogens (tertiary/aromatic N) is 2. The molecule has 2 aliphatic rings.